The lowest BCUT2D eigenvalue weighted by atomic mass is 10.1. The van der Waals surface area contributed by atoms with Crippen LogP contribution in [0.1, 0.15) is 5.69 Å². The third kappa shape index (κ3) is 1.09. The van der Waals surface area contributed by atoms with Crippen LogP contribution in [-0.2, 0) is 6.61 Å². The van der Waals surface area contributed by atoms with Crippen LogP contribution in [0.4, 0.5) is 0 Å². The van der Waals surface area contributed by atoms with Crippen LogP contribution in [0.2, 0.25) is 0 Å². The molecule has 5 nitrogen and oxygen atoms in total. The molecular weight excluding hydrogens is 194 g/mol. The maximum atomic E-state index is 5.58. The lowest BCUT2D eigenvalue weighted by Gasteiger charge is -2.17. The number of nitrogens with zero attached hydrogens (tertiary/aromatic N) is 2. The molecular formula is C10H9N3O2. The molecule has 1 aliphatic rings. The lowest BCUT2D eigenvalue weighted by molar-refractivity contribution is 0.277. The van der Waals surface area contributed by atoms with E-state index in [1.807, 2.05) is 18.2 Å². The third-order valence-electron chi connectivity index (χ3n) is 2.43. The van der Waals surface area contributed by atoms with E-state index in [1.165, 1.54) is 0 Å². The van der Waals surface area contributed by atoms with Crippen molar-refractivity contribution >= 4 is 0 Å². The monoisotopic (exact) mass is 203 g/mol. The number of aromatic amines is 1. The maximum absolute atomic E-state index is 5.58. The highest BCUT2D eigenvalue weighted by molar-refractivity contribution is 5.73. The number of hydrogen-bond donors (Lipinski definition) is 1. The van der Waals surface area contributed by atoms with Crippen LogP contribution in [0.15, 0.2) is 18.2 Å². The second kappa shape index (κ2) is 2.98. The summed E-state index contributed by atoms with van der Waals surface area (Å²) < 4.78 is 10.8. The van der Waals surface area contributed by atoms with Crippen LogP contribution in [0.5, 0.6) is 11.5 Å². The Hall–Kier alpha value is -2.04. The number of aromatic nitrogens is 3. The molecule has 0 bridgehead atoms. The topological polar surface area (TPSA) is 60.0 Å². The Kier molecular flexibility index (Phi) is 1.65. The van der Waals surface area contributed by atoms with Crippen molar-refractivity contribution in [2.45, 2.75) is 6.61 Å². The zero-order chi connectivity index (χ0) is 10.3. The van der Waals surface area contributed by atoms with E-state index in [1.54, 1.807) is 7.11 Å². The van der Waals surface area contributed by atoms with Gasteiger partial charge in [-0.05, 0) is 12.1 Å². The Balaban J connectivity index is 2.25. The van der Waals surface area contributed by atoms with Crippen molar-refractivity contribution in [3.05, 3.63) is 23.9 Å². The van der Waals surface area contributed by atoms with Gasteiger partial charge < -0.3 is 9.47 Å². The summed E-state index contributed by atoms with van der Waals surface area (Å²) in [5, 5.41) is 10.7. The summed E-state index contributed by atoms with van der Waals surface area (Å²) in [5.74, 6) is 1.46. The molecule has 1 aromatic carbocycles. The fraction of sp³-hybridized carbons (Fsp3) is 0.200. The first-order chi connectivity index (χ1) is 7.40. The SMILES string of the molecule is COc1cccc2c1OCc1n[nH]nc1-2. The largest absolute Gasteiger partial charge is 0.493 e. The van der Waals surface area contributed by atoms with Gasteiger partial charge in [-0.25, -0.2) is 0 Å². The fourth-order valence-electron chi connectivity index (χ4n) is 1.72. The van der Waals surface area contributed by atoms with Crippen LogP contribution >= 0.6 is 0 Å². The number of para-hydroxylation sites is 1. The van der Waals surface area contributed by atoms with Crippen molar-refractivity contribution in [2.24, 2.45) is 0 Å². The molecule has 1 aliphatic heterocycles. The molecule has 0 saturated carbocycles. The van der Waals surface area contributed by atoms with Gasteiger partial charge in [-0.15, -0.1) is 0 Å². The van der Waals surface area contributed by atoms with Gasteiger partial charge in [0.05, 0.1) is 12.7 Å². The predicted octanol–water partition coefficient (Wildman–Crippen LogP) is 1.37. The van der Waals surface area contributed by atoms with E-state index < -0.39 is 0 Å². The van der Waals surface area contributed by atoms with Crippen LogP contribution in [0, 0.1) is 0 Å². The predicted molar refractivity (Wildman–Crippen MR) is 52.7 cm³/mol. The number of benzene rings is 1. The van der Waals surface area contributed by atoms with E-state index in [0.29, 0.717) is 6.61 Å². The summed E-state index contributed by atoms with van der Waals surface area (Å²) >= 11 is 0. The van der Waals surface area contributed by atoms with E-state index in [2.05, 4.69) is 15.4 Å². The molecule has 0 radical (unpaired) electrons. The van der Waals surface area contributed by atoms with Gasteiger partial charge in [0.2, 0.25) is 0 Å². The summed E-state index contributed by atoms with van der Waals surface area (Å²) in [6, 6.07) is 5.72. The third-order valence-corrected chi connectivity index (χ3v) is 2.43. The van der Waals surface area contributed by atoms with Gasteiger partial charge >= 0.3 is 0 Å². The number of rotatable bonds is 1. The van der Waals surface area contributed by atoms with Gasteiger partial charge in [0.25, 0.3) is 0 Å². The van der Waals surface area contributed by atoms with Crippen LogP contribution < -0.4 is 9.47 Å². The molecule has 5 heteroatoms. The molecule has 1 N–H and O–H groups in total. The second-order valence-electron chi connectivity index (χ2n) is 3.24. The maximum Gasteiger partial charge on any atom is 0.171 e. The molecule has 2 aromatic rings. The number of ether oxygens (including phenoxy) is 2. The Bertz CT molecular complexity index is 507. The average Bonchev–Trinajstić information content (AvgIpc) is 2.76. The number of fused-ring (bicyclic) bond motifs is 3. The molecule has 3 rings (SSSR count). The number of nitrogens with one attached hydrogen (secondary N) is 1. The van der Waals surface area contributed by atoms with Gasteiger partial charge in [-0.3, -0.25) is 0 Å². The van der Waals surface area contributed by atoms with Gasteiger partial charge in [-0.2, -0.15) is 15.4 Å². The Labute approximate surface area is 86.0 Å². The highest BCUT2D eigenvalue weighted by atomic mass is 16.5. The lowest BCUT2D eigenvalue weighted by Crippen LogP contribution is -2.06. The Morgan fingerprint density at radius 3 is 3.20 bits per heavy atom. The molecule has 76 valence electrons. The van der Waals surface area contributed by atoms with Crippen molar-refractivity contribution in [2.75, 3.05) is 7.11 Å². The number of methoxy groups -OCH3 is 1. The summed E-state index contributed by atoms with van der Waals surface area (Å²) in [7, 11) is 1.62. The normalized spacial score (nSPS) is 12.6. The number of hydrogen-bond acceptors (Lipinski definition) is 4. The first kappa shape index (κ1) is 8.28. The van der Waals surface area contributed by atoms with Crippen molar-refractivity contribution in [3.8, 4) is 22.8 Å². The molecule has 0 fully saturated rings. The molecule has 0 saturated heterocycles. The van der Waals surface area contributed by atoms with Crippen LogP contribution in [0.3, 0.4) is 0 Å². The summed E-state index contributed by atoms with van der Waals surface area (Å²) in [6.07, 6.45) is 0. The zero-order valence-corrected chi connectivity index (χ0v) is 8.15. The Morgan fingerprint density at radius 1 is 1.40 bits per heavy atom. The average molecular weight is 203 g/mol. The molecule has 1 aromatic heterocycles. The summed E-state index contributed by atoms with van der Waals surface area (Å²) in [6.45, 7) is 0.430. The molecule has 0 atom stereocenters. The van der Waals surface area contributed by atoms with Crippen molar-refractivity contribution in [1.29, 1.82) is 0 Å². The summed E-state index contributed by atoms with van der Waals surface area (Å²) in [5.41, 5.74) is 2.59. The minimum absolute atomic E-state index is 0.430. The molecule has 0 spiro atoms. The fourth-order valence-corrected chi connectivity index (χ4v) is 1.72. The van der Waals surface area contributed by atoms with Gasteiger partial charge in [-0.1, -0.05) is 6.07 Å². The minimum Gasteiger partial charge on any atom is -0.493 e. The number of H-pyrrole nitrogens is 1. The first-order valence-corrected chi connectivity index (χ1v) is 4.60. The van der Waals surface area contributed by atoms with Crippen LogP contribution in [-0.4, -0.2) is 22.5 Å². The van der Waals surface area contributed by atoms with Gasteiger partial charge in [0.15, 0.2) is 11.5 Å². The minimum atomic E-state index is 0.430. The highest BCUT2D eigenvalue weighted by Gasteiger charge is 2.23. The quantitative estimate of drug-likeness (QED) is 0.760. The molecule has 0 amide bonds. The smallest absolute Gasteiger partial charge is 0.171 e. The molecule has 0 unspecified atom stereocenters. The standard InChI is InChI=1S/C10H9N3O2/c1-14-8-4-2-3-6-9-7(11-13-12-9)5-15-10(6)8/h2-4H,5H2,1H3,(H,11,12,13). The highest BCUT2D eigenvalue weighted by Crippen LogP contribution is 2.41. The van der Waals surface area contributed by atoms with Gasteiger partial charge in [0.1, 0.15) is 18.0 Å². The van der Waals surface area contributed by atoms with Gasteiger partial charge in [0, 0.05) is 0 Å². The van der Waals surface area contributed by atoms with E-state index in [4.69, 9.17) is 9.47 Å². The molecule has 15 heavy (non-hydrogen) atoms. The zero-order valence-electron chi connectivity index (χ0n) is 8.15. The van der Waals surface area contributed by atoms with Crippen molar-refractivity contribution in [1.82, 2.24) is 15.4 Å². The van der Waals surface area contributed by atoms with Crippen LogP contribution in [0.25, 0.3) is 11.3 Å². The van der Waals surface area contributed by atoms with E-state index in [0.717, 1.165) is 28.5 Å². The van der Waals surface area contributed by atoms with E-state index in [-0.39, 0.29) is 0 Å². The second-order valence-corrected chi connectivity index (χ2v) is 3.24. The van der Waals surface area contributed by atoms with E-state index >= 15 is 0 Å². The molecule has 0 aliphatic carbocycles. The van der Waals surface area contributed by atoms with E-state index in [9.17, 15) is 0 Å². The summed E-state index contributed by atoms with van der Waals surface area (Å²) in [4.78, 5) is 0. The Morgan fingerprint density at radius 2 is 2.33 bits per heavy atom. The first-order valence-electron chi connectivity index (χ1n) is 4.60. The van der Waals surface area contributed by atoms with Crippen molar-refractivity contribution < 1.29 is 9.47 Å². The molecule has 2 heterocycles. The van der Waals surface area contributed by atoms with Crippen molar-refractivity contribution in [3.63, 3.8) is 0 Å².